The Labute approximate surface area is 140 Å². The van der Waals surface area contributed by atoms with Crippen LogP contribution >= 0.6 is 0 Å². The molecular formula is C20H32O3. The minimum absolute atomic E-state index is 0.0423. The normalized spacial score (nSPS) is 45.9. The van der Waals surface area contributed by atoms with Crippen molar-refractivity contribution in [2.24, 2.45) is 22.7 Å². The third kappa shape index (κ3) is 2.71. The van der Waals surface area contributed by atoms with E-state index in [0.717, 1.165) is 32.1 Å². The number of fused-ring (bicyclic) bond motifs is 3. The number of aliphatic hydroxyl groups excluding tert-OH is 2. The molecule has 130 valence electrons. The predicted octanol–water partition coefficient (Wildman–Crippen LogP) is 3.81. The molecule has 1 saturated heterocycles. The van der Waals surface area contributed by atoms with Crippen LogP contribution < -0.4 is 0 Å². The van der Waals surface area contributed by atoms with Gasteiger partial charge in [-0.3, -0.25) is 0 Å². The molecule has 3 aliphatic rings. The van der Waals surface area contributed by atoms with Crippen molar-refractivity contribution < 1.29 is 14.9 Å². The third-order valence-corrected chi connectivity index (χ3v) is 6.96. The quantitative estimate of drug-likeness (QED) is 0.777. The molecule has 1 saturated carbocycles. The molecule has 3 rings (SSSR count). The summed E-state index contributed by atoms with van der Waals surface area (Å²) >= 11 is 0. The minimum atomic E-state index is -0.760. The van der Waals surface area contributed by atoms with E-state index in [1.54, 1.807) is 0 Å². The molecule has 0 aromatic rings. The van der Waals surface area contributed by atoms with Crippen LogP contribution in [-0.4, -0.2) is 29.2 Å². The standard InChI is InChI=1S/C20H32O3/c1-13(2)6-5-10-19(3)11-9-16(21)20(4)15(19)8-7-14-12-23-18(22)17(14)20/h6-7,15-18,21-22H,5,8-12H2,1-4H3. The lowest BCUT2D eigenvalue weighted by Gasteiger charge is -2.59. The van der Waals surface area contributed by atoms with Gasteiger partial charge in [-0.15, -0.1) is 0 Å². The van der Waals surface area contributed by atoms with Crippen LogP contribution in [-0.2, 0) is 4.74 Å². The molecule has 0 bridgehead atoms. The summed E-state index contributed by atoms with van der Waals surface area (Å²) in [6, 6.07) is 0. The second-order valence-electron chi connectivity index (χ2n) is 8.64. The molecule has 3 heteroatoms. The molecule has 0 spiro atoms. The summed E-state index contributed by atoms with van der Waals surface area (Å²) in [5, 5.41) is 21.3. The largest absolute Gasteiger partial charge is 0.393 e. The molecule has 0 aromatic carbocycles. The Balaban J connectivity index is 1.91. The van der Waals surface area contributed by atoms with Crippen LogP contribution in [0.5, 0.6) is 0 Å². The maximum absolute atomic E-state index is 10.9. The summed E-state index contributed by atoms with van der Waals surface area (Å²) in [7, 11) is 0. The van der Waals surface area contributed by atoms with Gasteiger partial charge in [0.05, 0.1) is 12.7 Å². The molecule has 6 atom stereocenters. The molecule has 6 unspecified atom stereocenters. The highest BCUT2D eigenvalue weighted by Crippen LogP contribution is 2.62. The first-order chi connectivity index (χ1) is 10.8. The van der Waals surface area contributed by atoms with Gasteiger partial charge >= 0.3 is 0 Å². The first-order valence-electron chi connectivity index (χ1n) is 9.09. The Morgan fingerprint density at radius 1 is 1.35 bits per heavy atom. The molecule has 0 aromatic heterocycles. The predicted molar refractivity (Wildman–Crippen MR) is 91.8 cm³/mol. The second-order valence-corrected chi connectivity index (χ2v) is 8.64. The van der Waals surface area contributed by atoms with E-state index in [2.05, 4.69) is 39.8 Å². The Bertz CT molecular complexity index is 519. The summed E-state index contributed by atoms with van der Waals surface area (Å²) in [6.07, 6.45) is 8.64. The van der Waals surface area contributed by atoms with Crippen LogP contribution in [0.25, 0.3) is 0 Å². The lowest BCUT2D eigenvalue weighted by atomic mass is 9.46. The van der Waals surface area contributed by atoms with E-state index >= 15 is 0 Å². The fourth-order valence-electron chi connectivity index (χ4n) is 5.60. The monoisotopic (exact) mass is 320 g/mol. The topological polar surface area (TPSA) is 49.7 Å². The Kier molecular flexibility index (Phi) is 4.50. The van der Waals surface area contributed by atoms with Crippen LogP contribution in [0.15, 0.2) is 23.3 Å². The van der Waals surface area contributed by atoms with E-state index in [9.17, 15) is 10.2 Å². The van der Waals surface area contributed by atoms with E-state index in [4.69, 9.17) is 4.74 Å². The molecule has 0 amide bonds. The second kappa shape index (κ2) is 6.02. The molecule has 23 heavy (non-hydrogen) atoms. The molecule has 2 N–H and O–H groups in total. The van der Waals surface area contributed by atoms with Gasteiger partial charge in [0.25, 0.3) is 0 Å². The van der Waals surface area contributed by atoms with E-state index in [0.29, 0.717) is 12.5 Å². The molecule has 1 aliphatic heterocycles. The van der Waals surface area contributed by atoms with E-state index in [-0.39, 0.29) is 22.9 Å². The van der Waals surface area contributed by atoms with Crippen LogP contribution in [0.4, 0.5) is 0 Å². The fraction of sp³-hybridized carbons (Fsp3) is 0.800. The van der Waals surface area contributed by atoms with Crippen molar-refractivity contribution in [1.82, 2.24) is 0 Å². The first-order valence-corrected chi connectivity index (χ1v) is 9.09. The van der Waals surface area contributed by atoms with Crippen molar-refractivity contribution >= 4 is 0 Å². The summed E-state index contributed by atoms with van der Waals surface area (Å²) in [4.78, 5) is 0. The van der Waals surface area contributed by atoms with Gasteiger partial charge in [0.2, 0.25) is 0 Å². The zero-order valence-corrected chi connectivity index (χ0v) is 15.0. The molecule has 2 aliphatic carbocycles. The summed E-state index contributed by atoms with van der Waals surface area (Å²) in [6.45, 7) is 9.41. The van der Waals surface area contributed by atoms with Crippen LogP contribution in [0, 0.1) is 22.7 Å². The van der Waals surface area contributed by atoms with E-state index in [1.165, 1.54) is 11.1 Å². The van der Waals surface area contributed by atoms with Crippen molar-refractivity contribution in [3.63, 3.8) is 0 Å². The Morgan fingerprint density at radius 2 is 2.09 bits per heavy atom. The lowest BCUT2D eigenvalue weighted by Crippen LogP contribution is -2.58. The third-order valence-electron chi connectivity index (χ3n) is 6.96. The number of hydrogen-bond acceptors (Lipinski definition) is 3. The van der Waals surface area contributed by atoms with Crippen molar-refractivity contribution in [3.8, 4) is 0 Å². The molecule has 2 fully saturated rings. The fourth-order valence-corrected chi connectivity index (χ4v) is 5.60. The number of aliphatic hydroxyl groups is 2. The summed E-state index contributed by atoms with van der Waals surface area (Å²) in [5.41, 5.74) is 2.50. The number of allylic oxidation sites excluding steroid dienone is 3. The smallest absolute Gasteiger partial charge is 0.162 e. The van der Waals surface area contributed by atoms with Crippen molar-refractivity contribution in [2.45, 2.75) is 72.2 Å². The van der Waals surface area contributed by atoms with Crippen LogP contribution in [0.2, 0.25) is 0 Å². The maximum Gasteiger partial charge on any atom is 0.162 e. The average molecular weight is 320 g/mol. The lowest BCUT2D eigenvalue weighted by molar-refractivity contribution is -0.183. The van der Waals surface area contributed by atoms with Crippen molar-refractivity contribution in [3.05, 3.63) is 23.3 Å². The highest BCUT2D eigenvalue weighted by Gasteiger charge is 2.61. The average Bonchev–Trinajstić information content (AvgIpc) is 2.86. The maximum atomic E-state index is 10.9. The van der Waals surface area contributed by atoms with Crippen LogP contribution in [0.1, 0.15) is 59.8 Å². The number of ether oxygens (including phenoxy) is 1. The van der Waals surface area contributed by atoms with Gasteiger partial charge in [0.1, 0.15) is 0 Å². The molecule has 3 nitrogen and oxygen atoms in total. The number of rotatable bonds is 3. The summed E-state index contributed by atoms with van der Waals surface area (Å²) < 4.78 is 5.51. The van der Waals surface area contributed by atoms with Gasteiger partial charge in [-0.1, -0.05) is 31.6 Å². The first kappa shape index (κ1) is 17.2. The number of hydrogen-bond donors (Lipinski definition) is 2. The van der Waals surface area contributed by atoms with Gasteiger partial charge in [-0.25, -0.2) is 0 Å². The Morgan fingerprint density at radius 3 is 2.78 bits per heavy atom. The SMILES string of the molecule is CC(C)=CCCC1(C)CCC(O)C2(C)C3C(=CCC12)COC3O. The highest BCUT2D eigenvalue weighted by atomic mass is 16.6. The van der Waals surface area contributed by atoms with Crippen molar-refractivity contribution in [2.75, 3.05) is 6.61 Å². The van der Waals surface area contributed by atoms with Gasteiger partial charge in [-0.05, 0) is 62.9 Å². The van der Waals surface area contributed by atoms with Crippen LogP contribution in [0.3, 0.4) is 0 Å². The van der Waals surface area contributed by atoms with E-state index in [1.807, 2.05) is 0 Å². The van der Waals surface area contributed by atoms with E-state index < -0.39 is 6.29 Å². The van der Waals surface area contributed by atoms with Gasteiger partial charge in [-0.2, -0.15) is 0 Å². The molecular weight excluding hydrogens is 288 g/mol. The minimum Gasteiger partial charge on any atom is -0.393 e. The van der Waals surface area contributed by atoms with Gasteiger partial charge in [0.15, 0.2) is 6.29 Å². The molecule has 0 radical (unpaired) electrons. The summed E-state index contributed by atoms with van der Waals surface area (Å²) in [5.74, 6) is 0.355. The van der Waals surface area contributed by atoms with Gasteiger partial charge < -0.3 is 14.9 Å². The highest BCUT2D eigenvalue weighted by molar-refractivity contribution is 5.25. The molecule has 1 heterocycles. The zero-order valence-electron chi connectivity index (χ0n) is 15.0. The zero-order chi connectivity index (χ0) is 16.8. The Hall–Kier alpha value is -0.640. The van der Waals surface area contributed by atoms with Crippen molar-refractivity contribution in [1.29, 1.82) is 0 Å². The van der Waals surface area contributed by atoms with Gasteiger partial charge in [0, 0.05) is 11.3 Å².